The maximum absolute atomic E-state index is 11.2. The van der Waals surface area contributed by atoms with E-state index in [-0.39, 0.29) is 5.92 Å². The zero-order valence-electron chi connectivity index (χ0n) is 11.8. The topological polar surface area (TPSA) is 52.6 Å². The van der Waals surface area contributed by atoms with Gasteiger partial charge in [-0.1, -0.05) is 6.42 Å². The number of aliphatic carboxylic acids is 1. The van der Waals surface area contributed by atoms with Crippen LogP contribution in [0.5, 0.6) is 0 Å². The lowest BCUT2D eigenvalue weighted by Crippen LogP contribution is -2.38. The number of nitrogens with zero attached hydrogens (tertiary/aromatic N) is 1. The molecule has 0 amide bonds. The predicted octanol–water partition coefficient (Wildman–Crippen LogP) is 1.70. The molecule has 2 saturated carbocycles. The molecular weight excluding hydrogens is 240 g/mol. The molecule has 0 aromatic heterocycles. The fourth-order valence-electron chi connectivity index (χ4n) is 4.04. The van der Waals surface area contributed by atoms with E-state index in [1.165, 1.54) is 19.3 Å². The molecule has 0 aromatic rings. The predicted molar refractivity (Wildman–Crippen MR) is 74.1 cm³/mol. The monoisotopic (exact) mass is 266 g/mol. The molecule has 0 spiro atoms. The van der Waals surface area contributed by atoms with Crippen molar-refractivity contribution in [1.82, 2.24) is 10.2 Å². The Morgan fingerprint density at radius 1 is 1.32 bits per heavy atom. The van der Waals surface area contributed by atoms with Crippen LogP contribution in [-0.2, 0) is 4.79 Å². The van der Waals surface area contributed by atoms with Gasteiger partial charge in [-0.3, -0.25) is 9.69 Å². The molecule has 108 valence electrons. The van der Waals surface area contributed by atoms with E-state index in [9.17, 15) is 9.90 Å². The van der Waals surface area contributed by atoms with Crippen LogP contribution in [0.1, 0.15) is 45.4 Å². The number of carbonyl (C=O) groups is 1. The summed E-state index contributed by atoms with van der Waals surface area (Å²) >= 11 is 0. The summed E-state index contributed by atoms with van der Waals surface area (Å²) in [6.07, 6.45) is 7.01. The Balaban J connectivity index is 1.46. The van der Waals surface area contributed by atoms with Crippen molar-refractivity contribution in [2.75, 3.05) is 13.1 Å². The van der Waals surface area contributed by atoms with Crippen molar-refractivity contribution in [3.63, 3.8) is 0 Å². The van der Waals surface area contributed by atoms with Gasteiger partial charge in [-0.2, -0.15) is 0 Å². The van der Waals surface area contributed by atoms with E-state index in [2.05, 4.69) is 17.1 Å². The van der Waals surface area contributed by atoms with Crippen molar-refractivity contribution < 1.29 is 9.90 Å². The molecule has 3 aliphatic rings. The zero-order valence-corrected chi connectivity index (χ0v) is 11.8. The van der Waals surface area contributed by atoms with Crippen molar-refractivity contribution in [2.45, 2.75) is 63.6 Å². The molecule has 1 heterocycles. The molecule has 0 aromatic carbocycles. The Bertz CT molecular complexity index is 343. The quantitative estimate of drug-likeness (QED) is 0.795. The average Bonchev–Trinajstić information content (AvgIpc) is 2.97. The maximum atomic E-state index is 11.2. The number of carboxylic acid groups (broad SMARTS) is 1. The minimum atomic E-state index is -0.594. The standard InChI is InChI=1S/C15H26N2O2/c1-10-7-12(9-17(10)13-5-6-13)16-8-11-3-2-4-14(11)15(18)19/h10-14,16H,2-9H2,1H3,(H,18,19). The molecule has 4 nitrogen and oxygen atoms in total. The Morgan fingerprint density at radius 2 is 2.11 bits per heavy atom. The van der Waals surface area contributed by atoms with Crippen molar-refractivity contribution in [2.24, 2.45) is 11.8 Å². The molecule has 4 heteroatoms. The summed E-state index contributed by atoms with van der Waals surface area (Å²) in [7, 11) is 0. The van der Waals surface area contributed by atoms with Gasteiger partial charge in [-0.05, 0) is 51.5 Å². The number of hydrogen-bond donors (Lipinski definition) is 2. The third-order valence-corrected chi connectivity index (χ3v) is 5.28. The highest BCUT2D eigenvalue weighted by Crippen LogP contribution is 2.34. The van der Waals surface area contributed by atoms with Gasteiger partial charge < -0.3 is 10.4 Å². The van der Waals surface area contributed by atoms with Crippen LogP contribution in [-0.4, -0.2) is 47.2 Å². The first-order valence-corrected chi connectivity index (χ1v) is 7.87. The van der Waals surface area contributed by atoms with Crippen LogP contribution in [0, 0.1) is 11.8 Å². The average molecular weight is 266 g/mol. The second-order valence-corrected chi connectivity index (χ2v) is 6.75. The first kappa shape index (κ1) is 13.4. The van der Waals surface area contributed by atoms with E-state index in [0.717, 1.165) is 38.4 Å². The van der Waals surface area contributed by atoms with Crippen LogP contribution >= 0.6 is 0 Å². The lowest BCUT2D eigenvalue weighted by atomic mass is 9.96. The minimum Gasteiger partial charge on any atom is -0.481 e. The number of carboxylic acids is 1. The SMILES string of the molecule is CC1CC(NCC2CCCC2C(=O)O)CN1C1CC1. The smallest absolute Gasteiger partial charge is 0.306 e. The Hall–Kier alpha value is -0.610. The molecule has 4 unspecified atom stereocenters. The summed E-state index contributed by atoms with van der Waals surface area (Å²) in [5.41, 5.74) is 0. The Kier molecular flexibility index (Phi) is 3.81. The summed E-state index contributed by atoms with van der Waals surface area (Å²) in [6, 6.07) is 2.12. The van der Waals surface area contributed by atoms with Gasteiger partial charge in [0.1, 0.15) is 0 Å². The van der Waals surface area contributed by atoms with Gasteiger partial charge in [-0.25, -0.2) is 0 Å². The van der Waals surface area contributed by atoms with Gasteiger partial charge in [0, 0.05) is 24.7 Å². The molecule has 4 atom stereocenters. The van der Waals surface area contributed by atoms with E-state index in [1.54, 1.807) is 0 Å². The zero-order chi connectivity index (χ0) is 13.4. The molecule has 1 aliphatic heterocycles. The normalized spacial score (nSPS) is 39.8. The van der Waals surface area contributed by atoms with Crippen molar-refractivity contribution in [3.05, 3.63) is 0 Å². The van der Waals surface area contributed by atoms with Gasteiger partial charge >= 0.3 is 5.97 Å². The molecule has 3 fully saturated rings. The van der Waals surface area contributed by atoms with Crippen molar-refractivity contribution >= 4 is 5.97 Å². The van der Waals surface area contributed by atoms with Gasteiger partial charge in [0.2, 0.25) is 0 Å². The second-order valence-electron chi connectivity index (χ2n) is 6.75. The molecule has 3 rings (SSSR count). The third kappa shape index (κ3) is 2.95. The largest absolute Gasteiger partial charge is 0.481 e. The third-order valence-electron chi connectivity index (χ3n) is 5.28. The van der Waals surface area contributed by atoms with Crippen LogP contribution in [0.2, 0.25) is 0 Å². The summed E-state index contributed by atoms with van der Waals surface area (Å²) in [4.78, 5) is 13.8. The number of hydrogen-bond acceptors (Lipinski definition) is 3. The van der Waals surface area contributed by atoms with Crippen molar-refractivity contribution in [1.29, 1.82) is 0 Å². The highest BCUT2D eigenvalue weighted by molar-refractivity contribution is 5.70. The fraction of sp³-hybridized carbons (Fsp3) is 0.933. The summed E-state index contributed by atoms with van der Waals surface area (Å²) in [5.74, 6) is -0.350. The summed E-state index contributed by atoms with van der Waals surface area (Å²) in [6.45, 7) is 4.39. The fourth-order valence-corrected chi connectivity index (χ4v) is 4.04. The molecular formula is C15H26N2O2. The van der Waals surface area contributed by atoms with Gasteiger partial charge in [-0.15, -0.1) is 0 Å². The van der Waals surface area contributed by atoms with E-state index >= 15 is 0 Å². The number of rotatable bonds is 5. The molecule has 19 heavy (non-hydrogen) atoms. The Morgan fingerprint density at radius 3 is 2.79 bits per heavy atom. The maximum Gasteiger partial charge on any atom is 0.306 e. The molecule has 1 saturated heterocycles. The molecule has 2 N–H and O–H groups in total. The summed E-state index contributed by atoms with van der Waals surface area (Å²) < 4.78 is 0. The summed E-state index contributed by atoms with van der Waals surface area (Å²) in [5, 5.41) is 12.9. The number of likely N-dealkylation sites (tertiary alicyclic amines) is 1. The van der Waals surface area contributed by atoms with E-state index < -0.39 is 5.97 Å². The van der Waals surface area contributed by atoms with Crippen LogP contribution in [0.4, 0.5) is 0 Å². The minimum absolute atomic E-state index is 0.106. The highest BCUT2D eigenvalue weighted by atomic mass is 16.4. The highest BCUT2D eigenvalue weighted by Gasteiger charge is 2.39. The van der Waals surface area contributed by atoms with E-state index in [4.69, 9.17) is 0 Å². The molecule has 0 radical (unpaired) electrons. The lowest BCUT2D eigenvalue weighted by molar-refractivity contribution is -0.142. The van der Waals surface area contributed by atoms with Gasteiger partial charge in [0.05, 0.1) is 5.92 Å². The van der Waals surface area contributed by atoms with Crippen LogP contribution in [0.15, 0.2) is 0 Å². The van der Waals surface area contributed by atoms with Crippen LogP contribution in [0.25, 0.3) is 0 Å². The van der Waals surface area contributed by atoms with Gasteiger partial charge in [0.25, 0.3) is 0 Å². The van der Waals surface area contributed by atoms with E-state index in [0.29, 0.717) is 18.0 Å². The molecule has 0 bridgehead atoms. The van der Waals surface area contributed by atoms with E-state index in [1.807, 2.05) is 0 Å². The first-order chi connectivity index (χ1) is 9.15. The van der Waals surface area contributed by atoms with Crippen LogP contribution < -0.4 is 5.32 Å². The first-order valence-electron chi connectivity index (χ1n) is 7.87. The molecule has 2 aliphatic carbocycles. The number of nitrogens with one attached hydrogen (secondary N) is 1. The van der Waals surface area contributed by atoms with Crippen LogP contribution in [0.3, 0.4) is 0 Å². The van der Waals surface area contributed by atoms with Crippen molar-refractivity contribution in [3.8, 4) is 0 Å². The second kappa shape index (κ2) is 5.41. The Labute approximate surface area is 115 Å². The van der Waals surface area contributed by atoms with Gasteiger partial charge in [0.15, 0.2) is 0 Å². The lowest BCUT2D eigenvalue weighted by Gasteiger charge is -2.21.